The Morgan fingerprint density at radius 3 is 2.65 bits per heavy atom. The molecule has 2 atom stereocenters. The smallest absolute Gasteiger partial charge is 0.276 e. The van der Waals surface area contributed by atoms with E-state index < -0.39 is 15.6 Å². The lowest BCUT2D eigenvalue weighted by Crippen LogP contribution is -2.42. The van der Waals surface area contributed by atoms with Gasteiger partial charge in [0.1, 0.15) is 6.61 Å². The summed E-state index contributed by atoms with van der Waals surface area (Å²) in [6, 6.07) is 9.22. The van der Waals surface area contributed by atoms with Gasteiger partial charge in [-0.2, -0.15) is 4.36 Å². The molecule has 168 valence electrons. The van der Waals surface area contributed by atoms with E-state index in [0.29, 0.717) is 31.7 Å². The molecule has 0 saturated carbocycles. The molecule has 2 amide bonds. The highest BCUT2D eigenvalue weighted by molar-refractivity contribution is 7.93. The van der Waals surface area contributed by atoms with Crippen LogP contribution < -0.4 is 0 Å². The maximum Gasteiger partial charge on any atom is 0.276 e. The van der Waals surface area contributed by atoms with Crippen molar-refractivity contribution in [1.82, 2.24) is 10.1 Å². The molecule has 1 fully saturated rings. The van der Waals surface area contributed by atoms with Crippen molar-refractivity contribution in [3.8, 4) is 0 Å². The molecule has 2 heterocycles. The minimum atomic E-state index is -2.73. The molecule has 1 aliphatic rings. The van der Waals surface area contributed by atoms with Gasteiger partial charge in [0.25, 0.3) is 11.8 Å². The van der Waals surface area contributed by atoms with Crippen molar-refractivity contribution in [3.63, 3.8) is 0 Å². The summed E-state index contributed by atoms with van der Waals surface area (Å²) in [6.45, 7) is 4.84. The lowest BCUT2D eigenvalue weighted by Gasteiger charge is -2.31. The molecular formula is C22H29N3O5S. The molecule has 31 heavy (non-hydrogen) atoms. The third kappa shape index (κ3) is 5.40. The Bertz CT molecular complexity index is 1060. The molecule has 1 aromatic carbocycles. The molecular weight excluding hydrogens is 418 g/mol. The number of methoxy groups -OCH3 is 1. The lowest BCUT2D eigenvalue weighted by atomic mass is 9.96. The van der Waals surface area contributed by atoms with Gasteiger partial charge in [-0.15, -0.1) is 0 Å². The number of rotatable bonds is 6. The van der Waals surface area contributed by atoms with Crippen molar-refractivity contribution in [2.75, 3.05) is 26.5 Å². The monoisotopic (exact) mass is 447 g/mol. The molecule has 0 bridgehead atoms. The van der Waals surface area contributed by atoms with Crippen LogP contribution in [0.25, 0.3) is 0 Å². The van der Waals surface area contributed by atoms with Crippen molar-refractivity contribution >= 4 is 21.5 Å². The summed E-state index contributed by atoms with van der Waals surface area (Å²) in [6.07, 6.45) is 2.57. The molecule has 3 rings (SSSR count). The number of hydrogen-bond donors (Lipinski definition) is 0. The van der Waals surface area contributed by atoms with Crippen LogP contribution in [0.5, 0.6) is 0 Å². The van der Waals surface area contributed by atoms with Crippen molar-refractivity contribution in [2.45, 2.75) is 44.5 Å². The number of carbonyl (C=O) groups is 2. The highest BCUT2D eigenvalue weighted by atomic mass is 32.2. The van der Waals surface area contributed by atoms with Crippen LogP contribution in [0.1, 0.15) is 53.1 Å². The van der Waals surface area contributed by atoms with E-state index in [-0.39, 0.29) is 29.4 Å². The van der Waals surface area contributed by atoms with E-state index in [4.69, 9.17) is 9.26 Å². The Morgan fingerprint density at radius 2 is 2.00 bits per heavy atom. The summed E-state index contributed by atoms with van der Waals surface area (Å²) in [4.78, 5) is 27.0. The average molecular weight is 448 g/mol. The first-order valence-electron chi connectivity index (χ1n) is 10.3. The number of carbonyl (C=O) groups excluding carboxylic acids is 2. The third-order valence-corrected chi connectivity index (χ3v) is 7.96. The van der Waals surface area contributed by atoms with Gasteiger partial charge in [-0.05, 0) is 37.8 Å². The topological polar surface area (TPSA) is 102 Å². The van der Waals surface area contributed by atoms with Crippen LogP contribution in [-0.4, -0.2) is 57.8 Å². The van der Waals surface area contributed by atoms with E-state index in [1.165, 1.54) is 7.11 Å². The highest BCUT2D eigenvalue weighted by Crippen LogP contribution is 2.24. The van der Waals surface area contributed by atoms with Crippen molar-refractivity contribution in [1.29, 1.82) is 0 Å². The lowest BCUT2D eigenvalue weighted by molar-refractivity contribution is -0.118. The highest BCUT2D eigenvalue weighted by Gasteiger charge is 2.30. The van der Waals surface area contributed by atoms with E-state index >= 15 is 0 Å². The minimum absolute atomic E-state index is 0.228. The van der Waals surface area contributed by atoms with Crippen LogP contribution in [0.4, 0.5) is 0 Å². The number of likely N-dealkylation sites (tertiary alicyclic amines) is 1. The first-order valence-corrected chi connectivity index (χ1v) is 12.3. The van der Waals surface area contributed by atoms with Crippen LogP contribution in [-0.2, 0) is 25.9 Å². The van der Waals surface area contributed by atoms with Gasteiger partial charge >= 0.3 is 0 Å². The number of nitrogens with zero attached hydrogens (tertiary/aromatic N) is 3. The third-order valence-electron chi connectivity index (χ3n) is 5.71. The Balaban J connectivity index is 1.64. The fourth-order valence-corrected chi connectivity index (χ4v) is 5.57. The van der Waals surface area contributed by atoms with Crippen molar-refractivity contribution < 1.29 is 23.1 Å². The van der Waals surface area contributed by atoms with Gasteiger partial charge in [-0.25, -0.2) is 4.21 Å². The molecule has 8 nitrogen and oxygen atoms in total. The average Bonchev–Trinajstić information content (AvgIpc) is 3.22. The zero-order chi connectivity index (χ0) is 22.6. The quantitative estimate of drug-likeness (QED) is 0.674. The minimum Gasteiger partial charge on any atom is -0.377 e. The maximum atomic E-state index is 13.3. The Hall–Kier alpha value is -2.52. The van der Waals surface area contributed by atoms with Crippen LogP contribution in [0.15, 0.2) is 39.2 Å². The molecule has 2 aromatic rings. The number of amides is 2. The molecule has 0 N–H and O–H groups in total. The number of aryl methyl sites for hydroxylation is 1. The fraction of sp³-hybridized carbons (Fsp3) is 0.500. The molecule has 0 aliphatic carbocycles. The second-order valence-electron chi connectivity index (χ2n) is 7.97. The number of aromatic nitrogens is 1. The van der Waals surface area contributed by atoms with Crippen LogP contribution in [0, 0.1) is 6.92 Å². The summed E-state index contributed by atoms with van der Waals surface area (Å²) in [5.74, 6) is -0.559. The SMILES string of the molecule is COCc1cc(C(=O)N2CCC(S(C)(=O)=NC(=O)C(C)c3ccccc3C)CC2)no1. The fourth-order valence-electron chi connectivity index (χ4n) is 3.82. The number of ether oxygens (including phenoxy) is 1. The summed E-state index contributed by atoms with van der Waals surface area (Å²) >= 11 is 0. The molecule has 1 aliphatic heterocycles. The molecule has 0 radical (unpaired) electrons. The second-order valence-corrected chi connectivity index (χ2v) is 10.5. The number of hydrogen-bond acceptors (Lipinski definition) is 6. The van der Waals surface area contributed by atoms with Crippen LogP contribution in [0.3, 0.4) is 0 Å². The molecule has 9 heteroatoms. The van der Waals surface area contributed by atoms with E-state index in [2.05, 4.69) is 9.52 Å². The first-order chi connectivity index (χ1) is 14.7. The molecule has 1 saturated heterocycles. The van der Waals surface area contributed by atoms with Gasteiger partial charge in [0.2, 0.25) is 0 Å². The number of piperidine rings is 1. The van der Waals surface area contributed by atoms with Gasteiger partial charge in [-0.1, -0.05) is 29.4 Å². The Labute approximate surface area is 183 Å². The predicted octanol–water partition coefficient (Wildman–Crippen LogP) is 3.16. The first kappa shape index (κ1) is 23.1. The summed E-state index contributed by atoms with van der Waals surface area (Å²) < 4.78 is 27.5. The van der Waals surface area contributed by atoms with Crippen LogP contribution in [0.2, 0.25) is 0 Å². The van der Waals surface area contributed by atoms with E-state index in [0.717, 1.165) is 11.1 Å². The van der Waals surface area contributed by atoms with E-state index in [1.54, 1.807) is 24.1 Å². The van der Waals surface area contributed by atoms with E-state index in [1.807, 2.05) is 31.2 Å². The van der Waals surface area contributed by atoms with E-state index in [9.17, 15) is 13.8 Å². The van der Waals surface area contributed by atoms with Crippen molar-refractivity contribution in [2.24, 2.45) is 4.36 Å². The summed E-state index contributed by atoms with van der Waals surface area (Å²) in [5, 5.41) is 3.56. The predicted molar refractivity (Wildman–Crippen MR) is 117 cm³/mol. The van der Waals surface area contributed by atoms with Gasteiger partial charge < -0.3 is 14.2 Å². The summed E-state index contributed by atoms with van der Waals surface area (Å²) in [7, 11) is -1.19. The Morgan fingerprint density at radius 1 is 1.32 bits per heavy atom. The second kappa shape index (κ2) is 9.74. The van der Waals surface area contributed by atoms with Gasteiger partial charge in [0, 0.05) is 37.8 Å². The Kier molecular flexibility index (Phi) is 7.27. The molecule has 0 spiro atoms. The van der Waals surface area contributed by atoms with Crippen LogP contribution >= 0.6 is 0 Å². The normalized spacial score (nSPS) is 17.7. The number of benzene rings is 1. The largest absolute Gasteiger partial charge is 0.377 e. The zero-order valence-electron chi connectivity index (χ0n) is 18.4. The van der Waals surface area contributed by atoms with Crippen molar-refractivity contribution in [3.05, 3.63) is 52.9 Å². The summed E-state index contributed by atoms with van der Waals surface area (Å²) in [5.41, 5.74) is 2.14. The zero-order valence-corrected chi connectivity index (χ0v) is 19.2. The molecule has 2 unspecified atom stereocenters. The van der Waals surface area contributed by atoms with Gasteiger partial charge in [0.15, 0.2) is 11.5 Å². The molecule has 1 aromatic heterocycles. The standard InChI is InChI=1S/C22H29N3O5S/c1-15-7-5-6-8-19(15)16(2)21(26)24-31(4,28)18-9-11-25(12-10-18)22(27)20-13-17(14-29-3)30-23-20/h5-8,13,16,18H,9-12,14H2,1-4H3. The maximum absolute atomic E-state index is 13.3. The van der Waals surface area contributed by atoms with Gasteiger partial charge in [-0.3, -0.25) is 9.59 Å². The van der Waals surface area contributed by atoms with Gasteiger partial charge in [0.05, 0.1) is 15.6 Å².